The van der Waals surface area contributed by atoms with Gasteiger partial charge in [-0.2, -0.15) is 0 Å². The Morgan fingerprint density at radius 1 is 0.949 bits per heavy atom. The molecule has 39 heavy (non-hydrogen) atoms. The molecule has 1 aliphatic heterocycles. The van der Waals surface area contributed by atoms with Crippen molar-refractivity contribution in [2.75, 3.05) is 18.1 Å². The summed E-state index contributed by atoms with van der Waals surface area (Å²) in [4.78, 5) is 40.2. The number of hydrogen-bond acceptors (Lipinski definition) is 6. The van der Waals surface area contributed by atoms with E-state index in [1.807, 2.05) is 57.2 Å². The quantitative estimate of drug-likeness (QED) is 0.160. The van der Waals surface area contributed by atoms with Gasteiger partial charge in [0.2, 0.25) is 0 Å². The third-order valence-electron chi connectivity index (χ3n) is 6.63. The van der Waals surface area contributed by atoms with E-state index in [-0.39, 0.29) is 29.6 Å². The minimum atomic E-state index is -0.837. The van der Waals surface area contributed by atoms with Crippen LogP contribution in [0, 0.1) is 0 Å². The fourth-order valence-corrected chi connectivity index (χ4v) is 4.79. The van der Waals surface area contributed by atoms with Gasteiger partial charge in [0.25, 0.3) is 11.7 Å². The van der Waals surface area contributed by atoms with Crippen molar-refractivity contribution >= 4 is 29.1 Å². The zero-order valence-electron chi connectivity index (χ0n) is 22.6. The molecule has 1 saturated heterocycles. The lowest BCUT2D eigenvalue weighted by Gasteiger charge is -2.25. The highest BCUT2D eigenvalue weighted by Crippen LogP contribution is 2.42. The van der Waals surface area contributed by atoms with E-state index in [2.05, 4.69) is 0 Å². The molecule has 4 rings (SSSR count). The molecule has 0 aliphatic carbocycles. The van der Waals surface area contributed by atoms with Crippen molar-refractivity contribution in [2.24, 2.45) is 0 Å². The van der Waals surface area contributed by atoms with Crippen molar-refractivity contribution in [3.05, 3.63) is 101 Å². The van der Waals surface area contributed by atoms with E-state index in [4.69, 9.17) is 9.47 Å². The van der Waals surface area contributed by atoms with Gasteiger partial charge in [0, 0.05) is 11.3 Å². The second-order valence-electron chi connectivity index (χ2n) is 9.57. The number of Topliss-reactive ketones (excluding diaryl/α,β-unsaturated/α-hetero) is 1. The van der Waals surface area contributed by atoms with Crippen LogP contribution in [0.15, 0.2) is 78.4 Å². The first kappa shape index (κ1) is 27.6. The Bertz CT molecular complexity index is 1390. The van der Waals surface area contributed by atoms with Crippen LogP contribution in [0.5, 0.6) is 5.75 Å². The number of benzene rings is 3. The number of carbonyl (C=O) groups is 3. The molecule has 0 radical (unpaired) electrons. The number of carbonyl (C=O) groups excluding carboxylic acids is 3. The minimum Gasteiger partial charge on any atom is -0.507 e. The molecule has 0 spiro atoms. The van der Waals surface area contributed by atoms with Crippen LogP contribution in [-0.4, -0.2) is 36.0 Å². The number of hydrogen-bond donors (Lipinski definition) is 1. The highest BCUT2D eigenvalue weighted by Gasteiger charge is 2.47. The molecule has 1 aliphatic rings. The summed E-state index contributed by atoms with van der Waals surface area (Å²) < 4.78 is 10.8. The summed E-state index contributed by atoms with van der Waals surface area (Å²) in [5, 5.41) is 11.5. The fourth-order valence-electron chi connectivity index (χ4n) is 4.79. The van der Waals surface area contributed by atoms with Crippen molar-refractivity contribution in [1.29, 1.82) is 0 Å². The Morgan fingerprint density at radius 3 is 2.26 bits per heavy atom. The van der Waals surface area contributed by atoms with Crippen LogP contribution >= 0.6 is 0 Å². The van der Waals surface area contributed by atoms with Gasteiger partial charge < -0.3 is 14.6 Å². The van der Waals surface area contributed by atoms with E-state index in [1.54, 1.807) is 43.3 Å². The van der Waals surface area contributed by atoms with Gasteiger partial charge in [-0.15, -0.1) is 0 Å². The number of ether oxygens (including phenoxy) is 2. The van der Waals surface area contributed by atoms with Crippen LogP contribution in [-0.2, 0) is 25.5 Å². The molecule has 0 saturated carbocycles. The molecule has 1 N–H and O–H groups in total. The van der Waals surface area contributed by atoms with E-state index in [1.165, 1.54) is 4.90 Å². The van der Waals surface area contributed by atoms with Crippen LogP contribution in [0.2, 0.25) is 0 Å². The van der Waals surface area contributed by atoms with Crippen molar-refractivity contribution in [3.8, 4) is 5.75 Å². The molecule has 202 valence electrons. The lowest BCUT2D eigenvalue weighted by atomic mass is 9.93. The second-order valence-corrected chi connectivity index (χ2v) is 9.57. The summed E-state index contributed by atoms with van der Waals surface area (Å²) in [6.45, 7) is 8.50. The molecular formula is C32H33NO6. The minimum absolute atomic E-state index is 0.0145. The monoisotopic (exact) mass is 527 g/mol. The van der Waals surface area contributed by atoms with Gasteiger partial charge in [-0.05, 0) is 66.8 Å². The number of aliphatic hydroxyl groups is 1. The number of anilines is 1. The summed E-state index contributed by atoms with van der Waals surface area (Å²) in [6.07, 6.45) is 0.102. The zero-order valence-corrected chi connectivity index (χ0v) is 22.6. The zero-order chi connectivity index (χ0) is 28.1. The average Bonchev–Trinajstić information content (AvgIpc) is 3.19. The lowest BCUT2D eigenvalue weighted by Crippen LogP contribution is -2.29. The average molecular weight is 528 g/mol. The maximum atomic E-state index is 13.5. The summed E-state index contributed by atoms with van der Waals surface area (Å²) in [7, 11) is 0. The molecule has 1 fully saturated rings. The first-order valence-electron chi connectivity index (χ1n) is 13.1. The van der Waals surface area contributed by atoms with E-state index < -0.39 is 17.7 Å². The highest BCUT2D eigenvalue weighted by molar-refractivity contribution is 6.51. The van der Waals surface area contributed by atoms with Gasteiger partial charge in [0.1, 0.15) is 11.5 Å². The van der Waals surface area contributed by atoms with Crippen LogP contribution in [0.4, 0.5) is 5.69 Å². The second kappa shape index (κ2) is 12.0. The Kier molecular flexibility index (Phi) is 8.49. The molecule has 1 unspecified atom stereocenters. The molecule has 3 aromatic carbocycles. The molecule has 7 heteroatoms. The van der Waals surface area contributed by atoms with E-state index >= 15 is 0 Å². The number of esters is 1. The van der Waals surface area contributed by atoms with Gasteiger partial charge in [0.05, 0.1) is 31.2 Å². The maximum absolute atomic E-state index is 13.5. The van der Waals surface area contributed by atoms with Gasteiger partial charge in [-0.3, -0.25) is 19.3 Å². The summed E-state index contributed by atoms with van der Waals surface area (Å²) in [5.74, 6) is -1.26. The van der Waals surface area contributed by atoms with Gasteiger partial charge in [-0.25, -0.2) is 0 Å². The topological polar surface area (TPSA) is 93.1 Å². The summed E-state index contributed by atoms with van der Waals surface area (Å²) in [5.41, 5.74) is 3.23. The number of ketones is 1. The largest absolute Gasteiger partial charge is 0.507 e. The van der Waals surface area contributed by atoms with Gasteiger partial charge >= 0.3 is 5.97 Å². The molecule has 0 aromatic heterocycles. The number of nitrogens with zero attached hydrogens (tertiary/aromatic N) is 1. The molecule has 1 heterocycles. The number of rotatable bonds is 9. The van der Waals surface area contributed by atoms with Crippen LogP contribution in [0.3, 0.4) is 0 Å². The Hall–Kier alpha value is -4.39. The smallest absolute Gasteiger partial charge is 0.310 e. The standard InChI is InChI=1S/C32H33NO6/c1-5-38-26-17-14-23(19-25(26)20(3)4)30(35)28-29(22-10-8-7-9-11-22)33(32(37)31(28)36)24-15-12-21(13-16-24)18-27(34)39-6-2/h7-17,19-20,29,35H,5-6,18H2,1-4H3/b30-28-. The lowest BCUT2D eigenvalue weighted by molar-refractivity contribution is -0.142. The fraction of sp³-hybridized carbons (Fsp3) is 0.281. The summed E-state index contributed by atoms with van der Waals surface area (Å²) >= 11 is 0. The molecule has 1 atom stereocenters. The third kappa shape index (κ3) is 5.72. The van der Waals surface area contributed by atoms with Gasteiger partial charge in [0.15, 0.2) is 0 Å². The first-order valence-corrected chi connectivity index (χ1v) is 13.1. The highest BCUT2D eigenvalue weighted by atomic mass is 16.5. The first-order chi connectivity index (χ1) is 18.8. The van der Waals surface area contributed by atoms with Crippen LogP contribution in [0.25, 0.3) is 5.76 Å². The number of aliphatic hydroxyl groups excluding tert-OH is 1. The molecule has 3 aromatic rings. The van der Waals surface area contributed by atoms with Crippen LogP contribution in [0.1, 0.15) is 61.9 Å². The van der Waals surface area contributed by atoms with Crippen molar-refractivity contribution < 1.29 is 29.0 Å². The molecule has 7 nitrogen and oxygen atoms in total. The third-order valence-corrected chi connectivity index (χ3v) is 6.63. The SMILES string of the molecule is CCOC(=O)Cc1ccc(N2C(=O)C(=O)/C(=C(\O)c3ccc(OCC)c(C(C)C)c3)C2c2ccccc2)cc1. The van der Waals surface area contributed by atoms with Crippen molar-refractivity contribution in [3.63, 3.8) is 0 Å². The normalized spacial score (nSPS) is 16.5. The van der Waals surface area contributed by atoms with Crippen molar-refractivity contribution in [1.82, 2.24) is 0 Å². The predicted octanol–water partition coefficient (Wildman–Crippen LogP) is 5.94. The maximum Gasteiger partial charge on any atom is 0.310 e. The number of amides is 1. The Labute approximate surface area is 228 Å². The van der Waals surface area contributed by atoms with E-state index in [0.717, 1.165) is 11.1 Å². The summed E-state index contributed by atoms with van der Waals surface area (Å²) in [6, 6.07) is 20.5. The van der Waals surface area contributed by atoms with Gasteiger partial charge in [-0.1, -0.05) is 56.3 Å². The Morgan fingerprint density at radius 2 is 1.64 bits per heavy atom. The molecular weight excluding hydrogens is 494 g/mol. The van der Waals surface area contributed by atoms with Crippen LogP contribution < -0.4 is 9.64 Å². The predicted molar refractivity (Wildman–Crippen MR) is 150 cm³/mol. The van der Waals surface area contributed by atoms with E-state index in [9.17, 15) is 19.5 Å². The molecule has 0 bridgehead atoms. The molecule has 1 amide bonds. The van der Waals surface area contributed by atoms with Crippen molar-refractivity contribution in [2.45, 2.75) is 46.1 Å². The van der Waals surface area contributed by atoms with E-state index in [0.29, 0.717) is 35.8 Å². The Balaban J connectivity index is 1.81.